The molecule has 2 heterocycles. The molecule has 2 aliphatic carbocycles. The number of nitrogens with two attached hydrogens (primary N) is 1. The first-order chi connectivity index (χ1) is 14.3. The van der Waals surface area contributed by atoms with Gasteiger partial charge < -0.3 is 15.0 Å². The van der Waals surface area contributed by atoms with Gasteiger partial charge in [0.25, 0.3) is 0 Å². The maximum absolute atomic E-state index is 13.1. The number of benzene rings is 1. The minimum Gasteiger partial charge on any atom is -0.475 e. The number of carbonyl (C=O) groups is 1. The van der Waals surface area contributed by atoms with Crippen LogP contribution in [0.3, 0.4) is 0 Å². The molecule has 160 valence electrons. The predicted octanol–water partition coefficient (Wildman–Crippen LogP) is 2.27. The first-order valence-electron chi connectivity index (χ1n) is 9.82. The van der Waals surface area contributed by atoms with Crippen molar-refractivity contribution in [3.63, 3.8) is 0 Å². The van der Waals surface area contributed by atoms with Crippen molar-refractivity contribution in [1.29, 1.82) is 0 Å². The monoisotopic (exact) mass is 494 g/mol. The molecule has 0 bridgehead atoms. The molecule has 2 aromatic rings. The number of anilines is 1. The van der Waals surface area contributed by atoms with Gasteiger partial charge in [-0.1, -0.05) is 15.9 Å². The lowest BCUT2D eigenvalue weighted by atomic mass is 9.76. The number of ether oxygens (including phenoxy) is 1. The number of carbonyl (C=O) groups excluding carboxylic acids is 1. The Labute approximate surface area is 183 Å². The molecule has 11 heteroatoms. The van der Waals surface area contributed by atoms with Crippen LogP contribution < -0.4 is 15.2 Å². The zero-order chi connectivity index (χ0) is 21.2. The summed E-state index contributed by atoms with van der Waals surface area (Å²) in [5.74, 6) is 0.322. The van der Waals surface area contributed by atoms with Gasteiger partial charge in [-0.05, 0) is 62.0 Å². The lowest BCUT2D eigenvalue weighted by Crippen LogP contribution is -2.25. The van der Waals surface area contributed by atoms with E-state index in [-0.39, 0.29) is 10.9 Å². The fraction of sp³-hybridized carbons (Fsp3) is 0.474. The average Bonchev–Trinajstić information content (AvgIpc) is 3.13. The van der Waals surface area contributed by atoms with Crippen LogP contribution in [0.1, 0.15) is 28.3 Å². The highest BCUT2D eigenvalue weighted by molar-refractivity contribution is 9.10. The molecule has 9 nitrogen and oxygen atoms in total. The fourth-order valence-corrected chi connectivity index (χ4v) is 6.20. The van der Waals surface area contributed by atoms with Gasteiger partial charge in [0.1, 0.15) is 17.5 Å². The highest BCUT2D eigenvalue weighted by Crippen LogP contribution is 2.46. The number of rotatable bonds is 4. The van der Waals surface area contributed by atoms with Crippen LogP contribution in [0.4, 0.5) is 10.5 Å². The molecule has 0 saturated heterocycles. The molecule has 1 aromatic heterocycles. The second-order valence-electron chi connectivity index (χ2n) is 8.18. The summed E-state index contributed by atoms with van der Waals surface area (Å²) in [5.41, 5.74) is 5.56. The highest BCUT2D eigenvalue weighted by Gasteiger charge is 2.33. The van der Waals surface area contributed by atoms with Gasteiger partial charge in [0.2, 0.25) is 5.88 Å². The number of aromatic nitrogens is 2. The van der Waals surface area contributed by atoms with Gasteiger partial charge in [-0.2, -0.15) is 5.10 Å². The zero-order valence-corrected chi connectivity index (χ0v) is 19.2. The Morgan fingerprint density at radius 2 is 1.97 bits per heavy atom. The number of fused-ring (bicyclic) bond motifs is 3. The van der Waals surface area contributed by atoms with Crippen molar-refractivity contribution in [1.82, 2.24) is 14.7 Å². The van der Waals surface area contributed by atoms with E-state index < -0.39 is 15.9 Å². The molecule has 3 N–H and O–H groups in total. The topological polar surface area (TPSA) is 115 Å². The van der Waals surface area contributed by atoms with E-state index in [9.17, 15) is 9.00 Å². The highest BCUT2D eigenvalue weighted by atomic mass is 79.9. The Bertz CT molecular complexity index is 1160. The Kier molecular flexibility index (Phi) is 4.69. The van der Waals surface area contributed by atoms with Gasteiger partial charge in [-0.25, -0.2) is 18.8 Å². The number of nitrogens with one attached hydrogen (secondary N) is 1. The largest absolute Gasteiger partial charge is 0.475 e. The van der Waals surface area contributed by atoms with E-state index in [1.54, 1.807) is 4.68 Å². The van der Waals surface area contributed by atoms with Gasteiger partial charge in [0.05, 0.1) is 6.20 Å². The van der Waals surface area contributed by atoms with Crippen molar-refractivity contribution < 1.29 is 13.7 Å². The molecule has 1 aliphatic heterocycles. The van der Waals surface area contributed by atoms with Gasteiger partial charge >= 0.3 is 6.03 Å². The van der Waals surface area contributed by atoms with E-state index in [1.165, 1.54) is 21.8 Å². The lowest BCUT2D eigenvalue weighted by Gasteiger charge is -2.33. The van der Waals surface area contributed by atoms with Crippen LogP contribution >= 0.6 is 15.9 Å². The summed E-state index contributed by atoms with van der Waals surface area (Å²) < 4.78 is 25.5. The van der Waals surface area contributed by atoms with Crippen LogP contribution in [0, 0.1) is 0 Å². The van der Waals surface area contributed by atoms with E-state index in [0.717, 1.165) is 49.0 Å². The molecule has 3 aliphatic rings. The van der Waals surface area contributed by atoms with Gasteiger partial charge in [0, 0.05) is 16.7 Å². The van der Waals surface area contributed by atoms with Crippen LogP contribution in [-0.4, -0.2) is 52.2 Å². The van der Waals surface area contributed by atoms with Crippen LogP contribution in [0.5, 0.6) is 5.88 Å². The third kappa shape index (κ3) is 3.06. The van der Waals surface area contributed by atoms with Crippen molar-refractivity contribution in [2.75, 3.05) is 32.6 Å². The maximum atomic E-state index is 13.1. The quantitative estimate of drug-likeness (QED) is 0.676. The lowest BCUT2D eigenvalue weighted by molar-refractivity contribution is 0.260. The molecule has 0 fully saturated rings. The Morgan fingerprint density at radius 3 is 2.53 bits per heavy atom. The first kappa shape index (κ1) is 20.0. The third-order valence-electron chi connectivity index (χ3n) is 5.93. The van der Waals surface area contributed by atoms with Crippen molar-refractivity contribution in [3.8, 4) is 5.88 Å². The van der Waals surface area contributed by atoms with Gasteiger partial charge in [-0.15, -0.1) is 4.36 Å². The Balaban J connectivity index is 1.43. The Morgan fingerprint density at radius 1 is 1.33 bits per heavy atom. The summed E-state index contributed by atoms with van der Waals surface area (Å²) in [6.07, 6.45) is 5.19. The number of urea groups is 1. The summed E-state index contributed by atoms with van der Waals surface area (Å²) in [7, 11) is 0.416. The van der Waals surface area contributed by atoms with Gasteiger partial charge in [-0.3, -0.25) is 0 Å². The molecular weight excluding hydrogens is 472 g/mol. The minimum atomic E-state index is -3.50. The Hall–Kier alpha value is -1.95. The van der Waals surface area contributed by atoms with E-state index >= 15 is 0 Å². The van der Waals surface area contributed by atoms with Crippen LogP contribution in [-0.2, 0) is 35.6 Å². The van der Waals surface area contributed by atoms with Gasteiger partial charge in [0.15, 0.2) is 9.92 Å². The molecule has 1 unspecified atom stereocenters. The SMILES string of the molecule is CN(C)C[C@H]1COc2c(S(N)(=O)=NC(=O)Nc3c4c(c(Br)c5c3CC5)CC4)cnn21. The van der Waals surface area contributed by atoms with Crippen LogP contribution in [0.15, 0.2) is 19.9 Å². The molecule has 0 saturated carbocycles. The predicted molar refractivity (Wildman–Crippen MR) is 116 cm³/mol. The first-order valence-corrected chi connectivity index (χ1v) is 12.2. The molecular formula is C19H23BrN6O3S. The average molecular weight is 495 g/mol. The summed E-state index contributed by atoms with van der Waals surface area (Å²) in [6.45, 7) is 1.13. The zero-order valence-electron chi connectivity index (χ0n) is 16.8. The summed E-state index contributed by atoms with van der Waals surface area (Å²) >= 11 is 3.68. The molecule has 2 amide bonds. The summed E-state index contributed by atoms with van der Waals surface area (Å²) in [6, 6.07) is -0.718. The molecule has 1 aromatic carbocycles. The minimum absolute atomic E-state index is 0.00628. The van der Waals surface area contributed by atoms with E-state index in [4.69, 9.17) is 9.88 Å². The van der Waals surface area contributed by atoms with Crippen LogP contribution in [0.25, 0.3) is 0 Å². The molecule has 30 heavy (non-hydrogen) atoms. The number of likely N-dealkylation sites (N-methyl/N-ethyl adjacent to an activating group) is 1. The molecule has 0 radical (unpaired) electrons. The second kappa shape index (κ2) is 7.04. The van der Waals surface area contributed by atoms with Crippen molar-refractivity contribution in [2.45, 2.75) is 36.6 Å². The second-order valence-corrected chi connectivity index (χ2v) is 10.7. The normalized spacial score (nSPS) is 20.2. The number of amides is 2. The standard InChI is InChI=1S/C19H23BrN6O3S/c1-25(2)8-10-9-29-18-15(7-22-26(10)18)30(21,28)24-19(27)23-17-13-5-3-11(13)16(20)12-4-6-14(12)17/h7,10H,3-6,8-9H2,1-2H3,(H3,21,23,24,27,28)/t10-,30?/m0/s1. The van der Waals surface area contributed by atoms with Crippen molar-refractivity contribution >= 4 is 37.6 Å². The fourth-order valence-electron chi connectivity index (χ4n) is 4.33. The summed E-state index contributed by atoms with van der Waals surface area (Å²) in [4.78, 5) is 14.8. The number of hydrogen-bond donors (Lipinski definition) is 2. The summed E-state index contributed by atoms with van der Waals surface area (Å²) in [5, 5.41) is 13.1. The smallest absolute Gasteiger partial charge is 0.354 e. The van der Waals surface area contributed by atoms with E-state index in [1.807, 2.05) is 19.0 Å². The molecule has 5 rings (SSSR count). The third-order valence-corrected chi connectivity index (χ3v) is 8.23. The van der Waals surface area contributed by atoms with E-state index in [2.05, 4.69) is 30.7 Å². The maximum Gasteiger partial charge on any atom is 0.354 e. The number of nitrogens with zero attached hydrogens (tertiary/aromatic N) is 4. The molecule has 0 spiro atoms. The van der Waals surface area contributed by atoms with Crippen LogP contribution in [0.2, 0.25) is 0 Å². The number of halogens is 1. The molecule has 2 atom stereocenters. The van der Waals surface area contributed by atoms with Crippen molar-refractivity contribution in [3.05, 3.63) is 32.9 Å². The number of hydrogen-bond acceptors (Lipinski definition) is 5. The van der Waals surface area contributed by atoms with Crippen molar-refractivity contribution in [2.24, 2.45) is 9.50 Å². The van der Waals surface area contributed by atoms with E-state index in [0.29, 0.717) is 12.5 Å².